The van der Waals surface area contributed by atoms with E-state index in [-0.39, 0.29) is 0 Å². The van der Waals surface area contributed by atoms with Gasteiger partial charge >= 0.3 is 0 Å². The van der Waals surface area contributed by atoms with E-state index in [4.69, 9.17) is 10.5 Å². The molecule has 2 rings (SSSR count). The Morgan fingerprint density at radius 1 is 1.14 bits per heavy atom. The first-order valence-corrected chi connectivity index (χ1v) is 5.90. The molecule has 0 radical (unpaired) electrons. The zero-order valence-electron chi connectivity index (χ0n) is 8.95. The first-order chi connectivity index (χ1) is 6.90. The molecular weight excluding hydrogens is 176 g/mol. The van der Waals surface area contributed by atoms with Crippen LogP contribution in [0.5, 0.6) is 0 Å². The predicted octanol–water partition coefficient (Wildman–Crippen LogP) is 0.694. The van der Waals surface area contributed by atoms with E-state index in [0.29, 0.717) is 13.2 Å². The summed E-state index contributed by atoms with van der Waals surface area (Å²) in [4.78, 5) is 2.56. The molecule has 2 fully saturated rings. The molecule has 1 aliphatic heterocycles. The number of fused-ring (bicyclic) bond motifs is 1. The van der Waals surface area contributed by atoms with Gasteiger partial charge in [-0.1, -0.05) is 6.42 Å². The van der Waals surface area contributed by atoms with Crippen molar-refractivity contribution in [2.75, 3.05) is 39.4 Å². The van der Waals surface area contributed by atoms with Crippen LogP contribution in [0.2, 0.25) is 0 Å². The number of rotatable bonds is 5. The maximum atomic E-state index is 5.40. The molecule has 0 amide bonds. The van der Waals surface area contributed by atoms with E-state index in [2.05, 4.69) is 4.90 Å². The van der Waals surface area contributed by atoms with Gasteiger partial charge in [0.2, 0.25) is 0 Å². The fraction of sp³-hybridized carbons (Fsp3) is 1.00. The maximum absolute atomic E-state index is 5.40. The van der Waals surface area contributed by atoms with Crippen molar-refractivity contribution < 1.29 is 4.74 Å². The van der Waals surface area contributed by atoms with Gasteiger partial charge in [0.25, 0.3) is 0 Å². The highest BCUT2D eigenvalue weighted by Gasteiger charge is 2.35. The van der Waals surface area contributed by atoms with E-state index in [0.717, 1.165) is 25.0 Å². The molecule has 2 aliphatic rings. The monoisotopic (exact) mass is 198 g/mol. The molecule has 0 bridgehead atoms. The average Bonchev–Trinajstić information content (AvgIpc) is 2.72. The van der Waals surface area contributed by atoms with Gasteiger partial charge in [-0.25, -0.2) is 0 Å². The Hall–Kier alpha value is -0.120. The first kappa shape index (κ1) is 10.4. The molecule has 0 aromatic heterocycles. The first-order valence-electron chi connectivity index (χ1n) is 5.90. The molecule has 82 valence electrons. The van der Waals surface area contributed by atoms with E-state index in [1.54, 1.807) is 0 Å². The van der Waals surface area contributed by atoms with E-state index < -0.39 is 0 Å². The van der Waals surface area contributed by atoms with Crippen LogP contribution in [-0.4, -0.2) is 44.3 Å². The van der Waals surface area contributed by atoms with Gasteiger partial charge in [0.15, 0.2) is 0 Å². The lowest BCUT2D eigenvalue weighted by atomic mass is 10.0. The molecule has 1 aliphatic carbocycles. The van der Waals surface area contributed by atoms with Crippen LogP contribution in [-0.2, 0) is 4.74 Å². The summed E-state index contributed by atoms with van der Waals surface area (Å²) >= 11 is 0. The van der Waals surface area contributed by atoms with E-state index in [1.807, 2.05) is 0 Å². The molecule has 2 unspecified atom stereocenters. The summed E-state index contributed by atoms with van der Waals surface area (Å²) < 4.78 is 5.40. The highest BCUT2D eigenvalue weighted by molar-refractivity contribution is 4.88. The lowest BCUT2D eigenvalue weighted by Crippen LogP contribution is -2.26. The molecule has 1 saturated heterocycles. The van der Waals surface area contributed by atoms with E-state index >= 15 is 0 Å². The van der Waals surface area contributed by atoms with Crippen molar-refractivity contribution in [1.82, 2.24) is 4.90 Å². The van der Waals surface area contributed by atoms with Crippen molar-refractivity contribution >= 4 is 0 Å². The summed E-state index contributed by atoms with van der Waals surface area (Å²) in [5.41, 5.74) is 5.36. The summed E-state index contributed by atoms with van der Waals surface area (Å²) in [5, 5.41) is 0. The standard InChI is InChI=1S/C11H22N2O/c12-4-6-14-7-5-13-8-10-2-1-3-11(10)9-13/h10-11H,1-9,12H2. The molecule has 2 atom stereocenters. The van der Waals surface area contributed by atoms with Gasteiger partial charge in [-0.15, -0.1) is 0 Å². The van der Waals surface area contributed by atoms with Gasteiger partial charge < -0.3 is 15.4 Å². The topological polar surface area (TPSA) is 38.5 Å². The molecule has 1 heterocycles. The molecular formula is C11H22N2O. The van der Waals surface area contributed by atoms with Crippen molar-refractivity contribution in [2.45, 2.75) is 19.3 Å². The Labute approximate surface area is 86.6 Å². The lowest BCUT2D eigenvalue weighted by Gasteiger charge is -2.16. The number of hydrogen-bond donors (Lipinski definition) is 1. The van der Waals surface area contributed by atoms with Crippen LogP contribution >= 0.6 is 0 Å². The van der Waals surface area contributed by atoms with Crippen molar-refractivity contribution in [1.29, 1.82) is 0 Å². The summed E-state index contributed by atoms with van der Waals surface area (Å²) in [5.74, 6) is 2.01. The third-order valence-electron chi connectivity index (χ3n) is 3.62. The summed E-state index contributed by atoms with van der Waals surface area (Å²) in [6.07, 6.45) is 4.39. The van der Waals surface area contributed by atoms with Crippen molar-refractivity contribution in [3.8, 4) is 0 Å². The van der Waals surface area contributed by atoms with Crippen molar-refractivity contribution in [3.05, 3.63) is 0 Å². The third kappa shape index (κ3) is 2.47. The number of ether oxygens (including phenoxy) is 1. The van der Waals surface area contributed by atoms with Gasteiger partial charge in [0.1, 0.15) is 0 Å². The summed E-state index contributed by atoms with van der Waals surface area (Å²) in [6.45, 7) is 5.95. The average molecular weight is 198 g/mol. The van der Waals surface area contributed by atoms with Gasteiger partial charge in [-0.05, 0) is 24.7 Å². The van der Waals surface area contributed by atoms with Gasteiger partial charge in [-0.3, -0.25) is 0 Å². The number of nitrogens with two attached hydrogens (primary N) is 1. The largest absolute Gasteiger partial charge is 0.379 e. The van der Waals surface area contributed by atoms with Gasteiger partial charge in [-0.2, -0.15) is 0 Å². The van der Waals surface area contributed by atoms with Crippen LogP contribution in [0.3, 0.4) is 0 Å². The molecule has 14 heavy (non-hydrogen) atoms. The fourth-order valence-electron chi connectivity index (χ4n) is 2.89. The van der Waals surface area contributed by atoms with Crippen molar-refractivity contribution in [3.63, 3.8) is 0 Å². The second kappa shape index (κ2) is 5.10. The molecule has 1 saturated carbocycles. The predicted molar refractivity (Wildman–Crippen MR) is 57.1 cm³/mol. The Morgan fingerprint density at radius 2 is 1.86 bits per heavy atom. The lowest BCUT2D eigenvalue weighted by molar-refractivity contribution is 0.114. The normalized spacial score (nSPS) is 32.4. The Balaban J connectivity index is 1.60. The second-order valence-corrected chi connectivity index (χ2v) is 4.61. The minimum absolute atomic E-state index is 0.644. The molecule has 0 aromatic rings. The van der Waals surface area contributed by atoms with Crippen LogP contribution in [0.4, 0.5) is 0 Å². The second-order valence-electron chi connectivity index (χ2n) is 4.61. The fourth-order valence-corrected chi connectivity index (χ4v) is 2.89. The van der Waals surface area contributed by atoms with Gasteiger partial charge in [0.05, 0.1) is 13.2 Å². The maximum Gasteiger partial charge on any atom is 0.0594 e. The zero-order chi connectivity index (χ0) is 9.80. The number of likely N-dealkylation sites (tertiary alicyclic amines) is 1. The van der Waals surface area contributed by atoms with Crippen molar-refractivity contribution in [2.24, 2.45) is 17.6 Å². The van der Waals surface area contributed by atoms with Crippen LogP contribution in [0, 0.1) is 11.8 Å². The van der Waals surface area contributed by atoms with E-state index in [1.165, 1.54) is 32.4 Å². The van der Waals surface area contributed by atoms with Crippen LogP contribution < -0.4 is 5.73 Å². The quantitative estimate of drug-likeness (QED) is 0.661. The molecule has 3 heteroatoms. The third-order valence-corrected chi connectivity index (χ3v) is 3.62. The number of hydrogen-bond acceptors (Lipinski definition) is 3. The Kier molecular flexibility index (Phi) is 3.79. The zero-order valence-corrected chi connectivity index (χ0v) is 8.95. The van der Waals surface area contributed by atoms with Gasteiger partial charge in [0, 0.05) is 26.2 Å². The van der Waals surface area contributed by atoms with Crippen LogP contribution in [0.25, 0.3) is 0 Å². The highest BCUT2D eigenvalue weighted by Crippen LogP contribution is 2.37. The SMILES string of the molecule is NCCOCCN1CC2CCCC2C1. The molecule has 2 N–H and O–H groups in total. The Morgan fingerprint density at radius 3 is 2.50 bits per heavy atom. The number of nitrogens with zero attached hydrogens (tertiary/aromatic N) is 1. The molecule has 0 spiro atoms. The minimum Gasteiger partial charge on any atom is -0.379 e. The summed E-state index contributed by atoms with van der Waals surface area (Å²) in [7, 11) is 0. The molecule has 0 aromatic carbocycles. The smallest absolute Gasteiger partial charge is 0.0594 e. The minimum atomic E-state index is 0.644. The van der Waals surface area contributed by atoms with Crippen LogP contribution in [0.15, 0.2) is 0 Å². The molecule has 3 nitrogen and oxygen atoms in total. The Bertz CT molecular complexity index is 163. The van der Waals surface area contributed by atoms with E-state index in [9.17, 15) is 0 Å². The summed E-state index contributed by atoms with van der Waals surface area (Å²) in [6, 6.07) is 0. The van der Waals surface area contributed by atoms with Crippen LogP contribution in [0.1, 0.15) is 19.3 Å². The highest BCUT2D eigenvalue weighted by atomic mass is 16.5.